The zero-order valence-corrected chi connectivity index (χ0v) is 17.7. The maximum absolute atomic E-state index is 12.8. The van der Waals surface area contributed by atoms with Crippen molar-refractivity contribution in [2.75, 3.05) is 24.8 Å². The number of thioether (sulfide) groups is 1. The maximum Gasteiger partial charge on any atom is 0.339 e. The lowest BCUT2D eigenvalue weighted by atomic mass is 10.1. The van der Waals surface area contributed by atoms with E-state index in [1.807, 2.05) is 10.8 Å². The molecule has 150 valence electrons. The summed E-state index contributed by atoms with van der Waals surface area (Å²) >= 11 is 1.36. The van der Waals surface area contributed by atoms with Gasteiger partial charge in [-0.25, -0.2) is 9.78 Å². The van der Waals surface area contributed by atoms with Crippen molar-refractivity contribution in [2.45, 2.75) is 19.0 Å². The zero-order valence-electron chi connectivity index (χ0n) is 16.9. The summed E-state index contributed by atoms with van der Waals surface area (Å²) in [4.78, 5) is 30.6. The first kappa shape index (κ1) is 20.7. The van der Waals surface area contributed by atoms with Crippen LogP contribution in [0.3, 0.4) is 0 Å². The van der Waals surface area contributed by atoms with E-state index in [1.54, 1.807) is 37.5 Å². The Labute approximate surface area is 174 Å². The Kier molecular flexibility index (Phi) is 6.39. The van der Waals surface area contributed by atoms with Gasteiger partial charge in [0.1, 0.15) is 0 Å². The number of amides is 1. The van der Waals surface area contributed by atoms with Crippen molar-refractivity contribution in [2.24, 2.45) is 0 Å². The second kappa shape index (κ2) is 8.96. The largest absolute Gasteiger partial charge is 0.465 e. The van der Waals surface area contributed by atoms with Crippen LogP contribution in [0.5, 0.6) is 0 Å². The first-order valence-electron chi connectivity index (χ1n) is 9.10. The number of ether oxygens (including phenoxy) is 1. The third kappa shape index (κ3) is 4.51. The molecular formula is C22H23N3O3S. The highest BCUT2D eigenvalue weighted by molar-refractivity contribution is 7.99. The van der Waals surface area contributed by atoms with Gasteiger partial charge in [0, 0.05) is 19.4 Å². The molecule has 7 heteroatoms. The molecule has 0 unspecified atom stereocenters. The number of aromatic nitrogens is 2. The molecule has 2 aromatic carbocycles. The van der Waals surface area contributed by atoms with Crippen molar-refractivity contribution in [1.29, 1.82) is 0 Å². The van der Waals surface area contributed by atoms with Gasteiger partial charge in [-0.15, -0.1) is 0 Å². The van der Waals surface area contributed by atoms with Crippen LogP contribution in [0.4, 0.5) is 5.69 Å². The highest BCUT2D eigenvalue weighted by Crippen LogP contribution is 2.25. The van der Waals surface area contributed by atoms with Crippen LogP contribution in [0.25, 0.3) is 5.69 Å². The summed E-state index contributed by atoms with van der Waals surface area (Å²) < 4.78 is 6.80. The number of carbonyl (C=O) groups excluding carboxylic acids is 2. The smallest absolute Gasteiger partial charge is 0.339 e. The number of aryl methyl sites for hydroxylation is 2. The average Bonchev–Trinajstić information content (AvgIpc) is 3.19. The Bertz CT molecular complexity index is 1050. The molecule has 29 heavy (non-hydrogen) atoms. The minimum absolute atomic E-state index is 0.137. The van der Waals surface area contributed by atoms with E-state index in [-0.39, 0.29) is 11.7 Å². The molecule has 1 aromatic heterocycles. The molecule has 3 aromatic rings. The summed E-state index contributed by atoms with van der Waals surface area (Å²) in [5.41, 5.74) is 4.24. The number of carbonyl (C=O) groups is 2. The SMILES string of the molecule is COC(=O)c1ccccc1N(C)C(=O)CSc1nccn1-c1ccc(C)cc1C. The minimum Gasteiger partial charge on any atom is -0.465 e. The molecule has 6 nitrogen and oxygen atoms in total. The van der Waals surface area contributed by atoms with E-state index in [1.165, 1.54) is 29.3 Å². The zero-order chi connectivity index (χ0) is 21.0. The van der Waals surface area contributed by atoms with Gasteiger partial charge < -0.3 is 9.64 Å². The molecule has 0 atom stereocenters. The lowest BCUT2D eigenvalue weighted by Gasteiger charge is -2.19. The number of anilines is 1. The quantitative estimate of drug-likeness (QED) is 0.454. The van der Waals surface area contributed by atoms with Crippen LogP contribution in [0.15, 0.2) is 60.0 Å². The van der Waals surface area contributed by atoms with E-state index < -0.39 is 5.97 Å². The highest BCUT2D eigenvalue weighted by atomic mass is 32.2. The van der Waals surface area contributed by atoms with E-state index in [0.717, 1.165) is 16.4 Å². The summed E-state index contributed by atoms with van der Waals surface area (Å²) in [6.45, 7) is 4.11. The monoisotopic (exact) mass is 409 g/mol. The van der Waals surface area contributed by atoms with Crippen LogP contribution in [0.2, 0.25) is 0 Å². The highest BCUT2D eigenvalue weighted by Gasteiger charge is 2.19. The molecule has 0 saturated heterocycles. The van der Waals surface area contributed by atoms with Gasteiger partial charge in [0.15, 0.2) is 5.16 Å². The van der Waals surface area contributed by atoms with Gasteiger partial charge in [0.05, 0.1) is 29.8 Å². The summed E-state index contributed by atoms with van der Waals surface area (Å²) in [5.74, 6) is -0.423. The predicted octanol–water partition coefficient (Wildman–Crippen LogP) is 4.03. The fourth-order valence-electron chi connectivity index (χ4n) is 3.06. The molecule has 0 spiro atoms. The van der Waals surface area contributed by atoms with Crippen molar-refractivity contribution in [3.05, 3.63) is 71.5 Å². The molecule has 0 N–H and O–H groups in total. The predicted molar refractivity (Wildman–Crippen MR) is 115 cm³/mol. The second-order valence-electron chi connectivity index (χ2n) is 6.62. The molecule has 0 bridgehead atoms. The van der Waals surface area contributed by atoms with E-state index in [2.05, 4.69) is 37.0 Å². The van der Waals surface area contributed by atoms with Crippen molar-refractivity contribution >= 4 is 29.3 Å². The molecule has 0 fully saturated rings. The summed E-state index contributed by atoms with van der Waals surface area (Å²) in [6.07, 6.45) is 3.61. The van der Waals surface area contributed by atoms with Gasteiger partial charge >= 0.3 is 5.97 Å². The Morgan fingerprint density at radius 2 is 1.93 bits per heavy atom. The van der Waals surface area contributed by atoms with Gasteiger partial charge in [-0.1, -0.05) is 41.6 Å². The Balaban J connectivity index is 1.76. The summed E-state index contributed by atoms with van der Waals surface area (Å²) in [6, 6.07) is 13.1. The summed E-state index contributed by atoms with van der Waals surface area (Å²) in [7, 11) is 2.98. The van der Waals surface area contributed by atoms with E-state index in [4.69, 9.17) is 4.74 Å². The topological polar surface area (TPSA) is 64.4 Å². The Morgan fingerprint density at radius 1 is 1.17 bits per heavy atom. The van der Waals surface area contributed by atoms with E-state index >= 15 is 0 Å². The Hall–Kier alpha value is -3.06. The summed E-state index contributed by atoms with van der Waals surface area (Å²) in [5, 5.41) is 0.736. The number of hydrogen-bond donors (Lipinski definition) is 0. The second-order valence-corrected chi connectivity index (χ2v) is 7.56. The van der Waals surface area contributed by atoms with Crippen LogP contribution in [-0.4, -0.2) is 41.3 Å². The van der Waals surface area contributed by atoms with Crippen LogP contribution < -0.4 is 4.90 Å². The van der Waals surface area contributed by atoms with Crippen LogP contribution >= 0.6 is 11.8 Å². The molecule has 0 radical (unpaired) electrons. The minimum atomic E-state index is -0.474. The van der Waals surface area contributed by atoms with Crippen molar-refractivity contribution in [3.63, 3.8) is 0 Å². The lowest BCUT2D eigenvalue weighted by molar-refractivity contribution is -0.115. The van der Waals surface area contributed by atoms with Gasteiger partial charge in [-0.2, -0.15) is 0 Å². The van der Waals surface area contributed by atoms with Crippen molar-refractivity contribution in [3.8, 4) is 5.69 Å². The number of nitrogens with zero attached hydrogens (tertiary/aromatic N) is 3. The first-order valence-corrected chi connectivity index (χ1v) is 10.1. The van der Waals surface area contributed by atoms with Gasteiger partial charge in [-0.05, 0) is 37.6 Å². The number of methoxy groups -OCH3 is 1. The molecule has 0 aliphatic rings. The lowest BCUT2D eigenvalue weighted by Crippen LogP contribution is -2.29. The average molecular weight is 410 g/mol. The third-order valence-electron chi connectivity index (χ3n) is 4.59. The molecule has 0 saturated carbocycles. The number of rotatable bonds is 6. The van der Waals surface area contributed by atoms with Crippen LogP contribution in [0.1, 0.15) is 21.5 Å². The molecule has 1 amide bonds. The molecule has 3 rings (SSSR count). The number of esters is 1. The molecular weight excluding hydrogens is 386 g/mol. The maximum atomic E-state index is 12.8. The van der Waals surface area contributed by atoms with Crippen molar-refractivity contribution < 1.29 is 14.3 Å². The standard InChI is InChI=1S/C22H23N3O3S/c1-15-9-10-18(16(2)13-15)25-12-11-23-22(25)29-14-20(26)24(3)19-8-6-5-7-17(19)21(27)28-4/h5-13H,14H2,1-4H3. The first-order chi connectivity index (χ1) is 13.9. The van der Waals surface area contributed by atoms with E-state index in [0.29, 0.717) is 11.3 Å². The number of imidazole rings is 1. The van der Waals surface area contributed by atoms with Gasteiger partial charge in [0.2, 0.25) is 5.91 Å². The molecule has 0 aliphatic heterocycles. The third-order valence-corrected chi connectivity index (χ3v) is 5.54. The normalized spacial score (nSPS) is 10.6. The van der Waals surface area contributed by atoms with E-state index in [9.17, 15) is 9.59 Å². The fraction of sp³-hybridized carbons (Fsp3) is 0.227. The number of benzene rings is 2. The molecule has 1 heterocycles. The number of hydrogen-bond acceptors (Lipinski definition) is 5. The van der Waals surface area contributed by atoms with Crippen LogP contribution in [0, 0.1) is 13.8 Å². The van der Waals surface area contributed by atoms with Crippen molar-refractivity contribution in [1.82, 2.24) is 9.55 Å². The molecule has 0 aliphatic carbocycles. The van der Waals surface area contributed by atoms with Gasteiger partial charge in [-0.3, -0.25) is 9.36 Å². The number of para-hydroxylation sites is 1. The van der Waals surface area contributed by atoms with Gasteiger partial charge in [0.25, 0.3) is 0 Å². The van der Waals surface area contributed by atoms with Crippen LogP contribution in [-0.2, 0) is 9.53 Å². The Morgan fingerprint density at radius 3 is 2.66 bits per heavy atom. The fourth-order valence-corrected chi connectivity index (χ4v) is 3.94.